The van der Waals surface area contributed by atoms with Crippen molar-refractivity contribution < 1.29 is 9.72 Å². The number of carbonyl (C=O) groups excluding carboxylic acids is 1. The van der Waals surface area contributed by atoms with Crippen LogP contribution in [0.4, 0.5) is 5.69 Å². The van der Waals surface area contributed by atoms with Crippen LogP contribution < -0.4 is 0 Å². The molecular formula is C15H11N3O3S. The molecule has 3 rings (SSSR count). The maximum absolute atomic E-state index is 12.2. The molecule has 1 aromatic heterocycles. The number of benzene rings is 2. The molecule has 6 nitrogen and oxygen atoms in total. The number of aromatic nitrogens is 2. The molecule has 0 aliphatic rings. The van der Waals surface area contributed by atoms with Crippen molar-refractivity contribution in [3.05, 3.63) is 63.7 Å². The van der Waals surface area contributed by atoms with E-state index in [-0.39, 0.29) is 16.4 Å². The van der Waals surface area contributed by atoms with Gasteiger partial charge in [0.05, 0.1) is 16.0 Å². The number of aromatic amines is 1. The van der Waals surface area contributed by atoms with E-state index in [1.54, 1.807) is 6.07 Å². The lowest BCUT2D eigenvalue weighted by Gasteiger charge is -1.98. The largest absolute Gasteiger partial charge is 0.333 e. The van der Waals surface area contributed by atoms with Crippen molar-refractivity contribution in [2.24, 2.45) is 0 Å². The van der Waals surface area contributed by atoms with E-state index in [9.17, 15) is 14.9 Å². The molecule has 0 aliphatic heterocycles. The maximum atomic E-state index is 12.2. The minimum Gasteiger partial charge on any atom is -0.333 e. The molecule has 0 spiro atoms. The number of thioether (sulfide) groups is 1. The summed E-state index contributed by atoms with van der Waals surface area (Å²) < 4.78 is 0. The van der Waals surface area contributed by atoms with Crippen LogP contribution in [0.2, 0.25) is 0 Å². The van der Waals surface area contributed by atoms with Crippen LogP contribution in [0.25, 0.3) is 11.0 Å². The first-order valence-corrected chi connectivity index (χ1v) is 7.27. The summed E-state index contributed by atoms with van der Waals surface area (Å²) in [6.07, 6.45) is 0. The van der Waals surface area contributed by atoms with Crippen molar-refractivity contribution in [2.75, 3.05) is 0 Å². The maximum Gasteiger partial charge on any atom is 0.270 e. The van der Waals surface area contributed by atoms with Gasteiger partial charge in [0.25, 0.3) is 5.69 Å². The molecule has 1 N–H and O–H groups in total. The van der Waals surface area contributed by atoms with Crippen LogP contribution in [-0.2, 0) is 0 Å². The lowest BCUT2D eigenvalue weighted by atomic mass is 10.2. The second-order valence-electron chi connectivity index (χ2n) is 4.76. The monoisotopic (exact) mass is 313 g/mol. The van der Waals surface area contributed by atoms with E-state index >= 15 is 0 Å². The Hall–Kier alpha value is -2.67. The van der Waals surface area contributed by atoms with Crippen LogP contribution in [-0.4, -0.2) is 20.0 Å². The third-order valence-electron chi connectivity index (χ3n) is 3.10. The SMILES string of the molecule is Cc1ccc2nc(SC(=O)c3cccc([N+](=O)[O-])c3)[nH]c2c1. The van der Waals surface area contributed by atoms with Gasteiger partial charge in [-0.1, -0.05) is 12.1 Å². The molecule has 0 radical (unpaired) electrons. The van der Waals surface area contributed by atoms with Crippen molar-refractivity contribution in [1.82, 2.24) is 9.97 Å². The van der Waals surface area contributed by atoms with E-state index in [4.69, 9.17) is 0 Å². The molecule has 0 atom stereocenters. The third kappa shape index (κ3) is 2.84. The zero-order valence-electron chi connectivity index (χ0n) is 11.6. The lowest BCUT2D eigenvalue weighted by Crippen LogP contribution is -1.96. The Morgan fingerprint density at radius 3 is 2.86 bits per heavy atom. The van der Waals surface area contributed by atoms with Gasteiger partial charge >= 0.3 is 0 Å². The van der Waals surface area contributed by atoms with Gasteiger partial charge in [0, 0.05) is 17.7 Å². The van der Waals surface area contributed by atoms with Crippen molar-refractivity contribution in [3.8, 4) is 0 Å². The van der Waals surface area contributed by atoms with Crippen molar-refractivity contribution in [1.29, 1.82) is 0 Å². The number of nitrogens with one attached hydrogen (secondary N) is 1. The van der Waals surface area contributed by atoms with Gasteiger partial charge in [-0.25, -0.2) is 4.98 Å². The number of hydrogen-bond acceptors (Lipinski definition) is 5. The number of nitro benzene ring substituents is 1. The number of nitro groups is 1. The number of imidazole rings is 1. The lowest BCUT2D eigenvalue weighted by molar-refractivity contribution is -0.384. The first-order valence-electron chi connectivity index (χ1n) is 6.46. The Balaban J connectivity index is 1.86. The first kappa shape index (κ1) is 14.3. The quantitative estimate of drug-likeness (QED) is 0.452. The summed E-state index contributed by atoms with van der Waals surface area (Å²) >= 11 is 0.921. The molecule has 110 valence electrons. The Bertz CT molecular complexity index is 889. The number of aryl methyl sites for hydroxylation is 1. The smallest absolute Gasteiger partial charge is 0.270 e. The van der Waals surface area contributed by atoms with Gasteiger partial charge in [0.2, 0.25) is 5.12 Å². The number of nitrogens with zero attached hydrogens (tertiary/aromatic N) is 2. The standard InChI is InChI=1S/C15H11N3O3S/c1-9-5-6-12-13(7-9)17-15(16-12)22-14(19)10-3-2-4-11(8-10)18(20)21/h2-8H,1H3,(H,16,17). The molecular weight excluding hydrogens is 302 g/mol. The fourth-order valence-corrected chi connectivity index (χ4v) is 2.77. The van der Waals surface area contributed by atoms with Gasteiger partial charge < -0.3 is 4.98 Å². The minimum atomic E-state index is -0.522. The normalized spacial score (nSPS) is 10.8. The van der Waals surface area contributed by atoms with Gasteiger partial charge in [-0.15, -0.1) is 0 Å². The zero-order chi connectivity index (χ0) is 15.7. The van der Waals surface area contributed by atoms with Crippen LogP contribution in [0.3, 0.4) is 0 Å². The highest BCUT2D eigenvalue weighted by atomic mass is 32.2. The van der Waals surface area contributed by atoms with Gasteiger partial charge in [0.1, 0.15) is 0 Å². The number of non-ortho nitro benzene ring substituents is 1. The van der Waals surface area contributed by atoms with Gasteiger partial charge in [0.15, 0.2) is 5.16 Å². The van der Waals surface area contributed by atoms with Crippen LogP contribution in [0, 0.1) is 17.0 Å². The highest BCUT2D eigenvalue weighted by molar-refractivity contribution is 8.14. The number of fused-ring (bicyclic) bond motifs is 1. The Kier molecular flexibility index (Phi) is 3.64. The molecule has 0 bridgehead atoms. The van der Waals surface area contributed by atoms with Crippen LogP contribution in [0.5, 0.6) is 0 Å². The Morgan fingerprint density at radius 2 is 2.09 bits per heavy atom. The van der Waals surface area contributed by atoms with E-state index in [0.29, 0.717) is 5.16 Å². The average Bonchev–Trinajstić information content (AvgIpc) is 2.88. The van der Waals surface area contributed by atoms with E-state index in [1.807, 2.05) is 25.1 Å². The number of carbonyl (C=O) groups is 1. The van der Waals surface area contributed by atoms with Crippen LogP contribution in [0.15, 0.2) is 47.6 Å². The Morgan fingerprint density at radius 1 is 1.27 bits per heavy atom. The fraction of sp³-hybridized carbons (Fsp3) is 0.0667. The van der Waals surface area contributed by atoms with Gasteiger partial charge in [-0.05, 0) is 42.4 Å². The molecule has 3 aromatic rings. The highest BCUT2D eigenvalue weighted by Crippen LogP contribution is 2.25. The van der Waals surface area contributed by atoms with Crippen LogP contribution >= 0.6 is 11.8 Å². The topological polar surface area (TPSA) is 88.9 Å². The summed E-state index contributed by atoms with van der Waals surface area (Å²) in [6.45, 7) is 1.97. The summed E-state index contributed by atoms with van der Waals surface area (Å²) in [6, 6.07) is 11.4. The average molecular weight is 313 g/mol. The molecule has 0 amide bonds. The highest BCUT2D eigenvalue weighted by Gasteiger charge is 2.15. The molecule has 0 aliphatic carbocycles. The molecule has 0 saturated carbocycles. The summed E-state index contributed by atoms with van der Waals surface area (Å²) in [4.78, 5) is 29.8. The summed E-state index contributed by atoms with van der Waals surface area (Å²) in [5.41, 5.74) is 2.90. The van der Waals surface area contributed by atoms with Crippen molar-refractivity contribution in [2.45, 2.75) is 12.1 Å². The predicted octanol–water partition coefficient (Wildman–Crippen LogP) is 3.71. The molecule has 22 heavy (non-hydrogen) atoms. The van der Waals surface area contributed by atoms with E-state index in [2.05, 4.69) is 9.97 Å². The van der Waals surface area contributed by atoms with E-state index < -0.39 is 4.92 Å². The van der Waals surface area contributed by atoms with Crippen LogP contribution in [0.1, 0.15) is 15.9 Å². The molecule has 1 heterocycles. The summed E-state index contributed by atoms with van der Waals surface area (Å²) in [7, 11) is 0. The predicted molar refractivity (Wildman–Crippen MR) is 84.1 cm³/mol. The molecule has 2 aromatic carbocycles. The molecule has 0 fully saturated rings. The number of rotatable bonds is 3. The van der Waals surface area contributed by atoms with Gasteiger partial charge in [-0.2, -0.15) is 0 Å². The zero-order valence-corrected chi connectivity index (χ0v) is 12.4. The summed E-state index contributed by atoms with van der Waals surface area (Å²) in [5, 5.41) is 10.9. The fourth-order valence-electron chi connectivity index (χ4n) is 2.04. The molecule has 0 unspecified atom stereocenters. The number of hydrogen-bond donors (Lipinski definition) is 1. The third-order valence-corrected chi connectivity index (χ3v) is 3.91. The van der Waals surface area contributed by atoms with Crippen molar-refractivity contribution >= 4 is 33.6 Å². The number of H-pyrrole nitrogens is 1. The minimum absolute atomic E-state index is 0.105. The second kappa shape index (κ2) is 5.61. The van der Waals surface area contributed by atoms with E-state index in [1.165, 1.54) is 18.2 Å². The molecule has 0 saturated heterocycles. The van der Waals surface area contributed by atoms with Gasteiger partial charge in [-0.3, -0.25) is 14.9 Å². The van der Waals surface area contributed by atoms with E-state index in [0.717, 1.165) is 28.4 Å². The molecule has 7 heteroatoms. The second-order valence-corrected chi connectivity index (χ2v) is 5.72. The summed E-state index contributed by atoms with van der Waals surface area (Å²) in [5.74, 6) is 0. The van der Waals surface area contributed by atoms with Crippen molar-refractivity contribution in [3.63, 3.8) is 0 Å². The first-order chi connectivity index (χ1) is 10.5. The Labute approximate surface area is 129 Å².